The quantitative estimate of drug-likeness (QED) is 0.507. The van der Waals surface area contributed by atoms with Crippen LogP contribution in [0.1, 0.15) is 52.0 Å². The first-order valence-corrected chi connectivity index (χ1v) is 10.1. The van der Waals surface area contributed by atoms with Crippen LogP contribution in [0.5, 0.6) is 0 Å². The number of para-hydroxylation sites is 1. The fourth-order valence-electron chi connectivity index (χ4n) is 3.37. The molecule has 0 aliphatic carbocycles. The molecule has 1 aromatic carbocycles. The van der Waals surface area contributed by atoms with E-state index in [1.165, 1.54) is 0 Å². The van der Waals surface area contributed by atoms with Gasteiger partial charge in [0, 0.05) is 25.7 Å². The molecule has 1 aliphatic rings. The van der Waals surface area contributed by atoms with Crippen LogP contribution in [-0.4, -0.2) is 48.9 Å². The Morgan fingerprint density at radius 2 is 2.07 bits per heavy atom. The smallest absolute Gasteiger partial charge is 0.191 e. The van der Waals surface area contributed by atoms with E-state index in [1.807, 2.05) is 45.0 Å². The van der Waals surface area contributed by atoms with Gasteiger partial charge in [-0.25, -0.2) is 0 Å². The fourth-order valence-corrected chi connectivity index (χ4v) is 3.37. The Kier molecular flexibility index (Phi) is 7.93. The standard InChI is InChI=1S/C21H33N5O/c1-4-21(27,5-2)16-24-20(23-6-3)25-18-11-9-13-26(15-18)19-12-8-7-10-17(19)14-22/h7-8,10,12,18,27H,4-6,9,11,13,15-16H2,1-3H3,(H2,23,24,25). The molecular formula is C21H33N5O. The summed E-state index contributed by atoms with van der Waals surface area (Å²) in [5, 5.41) is 26.7. The Balaban J connectivity index is 2.06. The average Bonchev–Trinajstić information content (AvgIpc) is 2.72. The molecule has 0 aromatic heterocycles. The summed E-state index contributed by atoms with van der Waals surface area (Å²) in [6, 6.07) is 10.3. The van der Waals surface area contributed by atoms with Crippen molar-refractivity contribution in [3.63, 3.8) is 0 Å². The molecular weight excluding hydrogens is 338 g/mol. The zero-order valence-electron chi connectivity index (χ0n) is 16.8. The van der Waals surface area contributed by atoms with Gasteiger partial charge in [0.1, 0.15) is 6.07 Å². The molecule has 1 aromatic rings. The predicted molar refractivity (Wildman–Crippen MR) is 111 cm³/mol. The first-order chi connectivity index (χ1) is 13.0. The molecule has 1 unspecified atom stereocenters. The molecule has 0 saturated carbocycles. The van der Waals surface area contributed by atoms with E-state index in [0.717, 1.165) is 49.7 Å². The van der Waals surface area contributed by atoms with Crippen molar-refractivity contribution in [2.24, 2.45) is 4.99 Å². The molecule has 2 rings (SSSR count). The van der Waals surface area contributed by atoms with Gasteiger partial charge in [0.2, 0.25) is 0 Å². The lowest BCUT2D eigenvalue weighted by Crippen LogP contribution is -2.51. The summed E-state index contributed by atoms with van der Waals surface area (Å²) in [4.78, 5) is 6.90. The summed E-state index contributed by atoms with van der Waals surface area (Å²) in [5.41, 5.74) is 0.974. The molecule has 1 atom stereocenters. The number of nitrogens with zero attached hydrogens (tertiary/aromatic N) is 3. The van der Waals surface area contributed by atoms with Crippen LogP contribution in [0.4, 0.5) is 5.69 Å². The number of benzene rings is 1. The highest BCUT2D eigenvalue weighted by atomic mass is 16.3. The highest BCUT2D eigenvalue weighted by molar-refractivity contribution is 5.80. The second-order valence-electron chi connectivity index (χ2n) is 7.19. The molecule has 6 nitrogen and oxygen atoms in total. The Labute approximate surface area is 163 Å². The molecule has 1 aliphatic heterocycles. The molecule has 0 bridgehead atoms. The molecule has 1 heterocycles. The lowest BCUT2D eigenvalue weighted by atomic mass is 9.98. The minimum atomic E-state index is -0.743. The number of hydrogen-bond acceptors (Lipinski definition) is 4. The van der Waals surface area contributed by atoms with Gasteiger partial charge in [-0.3, -0.25) is 4.99 Å². The van der Waals surface area contributed by atoms with E-state index >= 15 is 0 Å². The van der Waals surface area contributed by atoms with E-state index in [-0.39, 0.29) is 6.04 Å². The number of hydrogen-bond donors (Lipinski definition) is 3. The molecule has 1 fully saturated rings. The van der Waals surface area contributed by atoms with Crippen molar-refractivity contribution < 1.29 is 5.11 Å². The average molecular weight is 372 g/mol. The summed E-state index contributed by atoms with van der Waals surface area (Å²) < 4.78 is 0. The first-order valence-electron chi connectivity index (χ1n) is 10.1. The van der Waals surface area contributed by atoms with Crippen molar-refractivity contribution in [1.29, 1.82) is 5.26 Å². The van der Waals surface area contributed by atoms with Gasteiger partial charge in [0.05, 0.1) is 23.4 Å². The molecule has 27 heavy (non-hydrogen) atoms. The van der Waals surface area contributed by atoms with E-state index in [1.54, 1.807) is 0 Å². The number of nitrogens with one attached hydrogen (secondary N) is 2. The molecule has 0 spiro atoms. The van der Waals surface area contributed by atoms with E-state index in [4.69, 9.17) is 0 Å². The maximum atomic E-state index is 10.5. The van der Waals surface area contributed by atoms with Gasteiger partial charge in [-0.15, -0.1) is 0 Å². The van der Waals surface area contributed by atoms with Gasteiger partial charge in [0.15, 0.2) is 5.96 Å². The maximum Gasteiger partial charge on any atom is 0.191 e. The number of rotatable bonds is 7. The van der Waals surface area contributed by atoms with Crippen LogP contribution >= 0.6 is 0 Å². The van der Waals surface area contributed by atoms with Gasteiger partial charge in [-0.1, -0.05) is 26.0 Å². The number of aliphatic imine (C=N–C) groups is 1. The van der Waals surface area contributed by atoms with E-state index in [2.05, 4.69) is 26.6 Å². The number of nitriles is 1. The first kappa shape index (κ1) is 21.0. The summed E-state index contributed by atoms with van der Waals surface area (Å²) in [5.74, 6) is 0.748. The molecule has 0 radical (unpaired) electrons. The third kappa shape index (κ3) is 5.86. The van der Waals surface area contributed by atoms with Crippen molar-refractivity contribution in [2.45, 2.75) is 58.1 Å². The maximum absolute atomic E-state index is 10.5. The second-order valence-corrected chi connectivity index (χ2v) is 7.19. The largest absolute Gasteiger partial charge is 0.388 e. The fraction of sp³-hybridized carbons (Fsp3) is 0.619. The van der Waals surface area contributed by atoms with Crippen LogP contribution in [0, 0.1) is 11.3 Å². The highest BCUT2D eigenvalue weighted by Gasteiger charge is 2.24. The summed E-state index contributed by atoms with van der Waals surface area (Å²) >= 11 is 0. The van der Waals surface area contributed by atoms with Crippen LogP contribution in [0.25, 0.3) is 0 Å². The number of anilines is 1. The molecule has 3 N–H and O–H groups in total. The van der Waals surface area contributed by atoms with Gasteiger partial charge in [-0.2, -0.15) is 5.26 Å². The highest BCUT2D eigenvalue weighted by Crippen LogP contribution is 2.23. The van der Waals surface area contributed by atoms with Crippen molar-refractivity contribution >= 4 is 11.6 Å². The Morgan fingerprint density at radius 3 is 2.74 bits per heavy atom. The zero-order valence-corrected chi connectivity index (χ0v) is 16.8. The molecule has 0 amide bonds. The van der Waals surface area contributed by atoms with Crippen LogP contribution in [0.3, 0.4) is 0 Å². The lowest BCUT2D eigenvalue weighted by Gasteiger charge is -2.36. The van der Waals surface area contributed by atoms with Crippen LogP contribution < -0.4 is 15.5 Å². The normalized spacial score (nSPS) is 18.1. The van der Waals surface area contributed by atoms with Gasteiger partial charge >= 0.3 is 0 Å². The van der Waals surface area contributed by atoms with Crippen LogP contribution in [-0.2, 0) is 0 Å². The minimum absolute atomic E-state index is 0.250. The second kappa shape index (κ2) is 10.2. The van der Waals surface area contributed by atoms with Crippen molar-refractivity contribution in [3.8, 4) is 6.07 Å². The van der Waals surface area contributed by atoms with Crippen LogP contribution in [0.15, 0.2) is 29.3 Å². The SMILES string of the molecule is CCNC(=NCC(O)(CC)CC)NC1CCCN(c2ccccc2C#N)C1. The Morgan fingerprint density at radius 1 is 1.33 bits per heavy atom. The number of piperidine rings is 1. The number of aliphatic hydroxyl groups is 1. The van der Waals surface area contributed by atoms with E-state index in [9.17, 15) is 10.4 Å². The van der Waals surface area contributed by atoms with Crippen molar-refractivity contribution in [2.75, 3.05) is 31.1 Å². The summed E-state index contributed by atoms with van der Waals surface area (Å²) in [7, 11) is 0. The summed E-state index contributed by atoms with van der Waals surface area (Å²) in [6.45, 7) is 8.97. The molecule has 1 saturated heterocycles. The van der Waals surface area contributed by atoms with Gasteiger partial charge in [-0.05, 0) is 44.7 Å². The molecule has 148 valence electrons. The predicted octanol–water partition coefficient (Wildman–Crippen LogP) is 2.63. The lowest BCUT2D eigenvalue weighted by molar-refractivity contribution is 0.0417. The van der Waals surface area contributed by atoms with E-state index < -0.39 is 5.60 Å². The third-order valence-corrected chi connectivity index (χ3v) is 5.32. The Hall–Kier alpha value is -2.26. The topological polar surface area (TPSA) is 83.7 Å². The van der Waals surface area contributed by atoms with Gasteiger partial charge < -0.3 is 20.6 Å². The monoisotopic (exact) mass is 371 g/mol. The molecule has 6 heteroatoms. The Bertz CT molecular complexity index is 663. The summed E-state index contributed by atoms with van der Waals surface area (Å²) in [6.07, 6.45) is 3.50. The van der Waals surface area contributed by atoms with Gasteiger partial charge in [0.25, 0.3) is 0 Å². The van der Waals surface area contributed by atoms with E-state index in [0.29, 0.717) is 19.4 Å². The third-order valence-electron chi connectivity index (χ3n) is 5.32. The minimum Gasteiger partial charge on any atom is -0.388 e. The van der Waals surface area contributed by atoms with Crippen molar-refractivity contribution in [1.82, 2.24) is 10.6 Å². The van der Waals surface area contributed by atoms with Crippen molar-refractivity contribution in [3.05, 3.63) is 29.8 Å². The number of guanidine groups is 1. The zero-order chi connectivity index (χ0) is 19.7. The van der Waals surface area contributed by atoms with Crippen LogP contribution in [0.2, 0.25) is 0 Å².